The molecule has 0 amide bonds. The number of rotatable bonds is 5. The van der Waals surface area contributed by atoms with Crippen molar-refractivity contribution in [2.24, 2.45) is 5.92 Å². The highest BCUT2D eigenvalue weighted by molar-refractivity contribution is 6.31. The lowest BCUT2D eigenvalue weighted by Crippen LogP contribution is -2.37. The van der Waals surface area contributed by atoms with Crippen LogP contribution in [0.2, 0.25) is 5.02 Å². The lowest BCUT2D eigenvalue weighted by Gasteiger charge is -2.31. The van der Waals surface area contributed by atoms with Gasteiger partial charge in [0.2, 0.25) is 5.95 Å². The van der Waals surface area contributed by atoms with E-state index in [4.69, 9.17) is 16.6 Å². The van der Waals surface area contributed by atoms with Gasteiger partial charge in [-0.2, -0.15) is 0 Å². The number of benzene rings is 1. The summed E-state index contributed by atoms with van der Waals surface area (Å²) in [6.07, 6.45) is 5.36. The summed E-state index contributed by atoms with van der Waals surface area (Å²) in [4.78, 5) is 19.9. The summed E-state index contributed by atoms with van der Waals surface area (Å²) < 4.78 is 13.4. The summed E-state index contributed by atoms with van der Waals surface area (Å²) in [7, 11) is 1.99. The van der Waals surface area contributed by atoms with Gasteiger partial charge in [0.15, 0.2) is 5.82 Å². The van der Waals surface area contributed by atoms with Crippen molar-refractivity contribution in [3.8, 4) is 0 Å². The van der Waals surface area contributed by atoms with Gasteiger partial charge in [0.1, 0.15) is 23.2 Å². The fraction of sp³-hybridized carbons (Fsp3) is 0.368. The Labute approximate surface area is 167 Å². The van der Waals surface area contributed by atoms with Crippen LogP contribution in [0.5, 0.6) is 0 Å². The lowest BCUT2D eigenvalue weighted by atomic mass is 9.97. The Hall–Kier alpha value is -2.58. The third-order valence-electron chi connectivity index (χ3n) is 4.94. The number of halogens is 2. The molecular weight excluding hydrogens is 381 g/mol. The Morgan fingerprint density at radius 1 is 1.21 bits per heavy atom. The van der Waals surface area contributed by atoms with Crippen molar-refractivity contribution >= 4 is 40.1 Å². The molecular formula is C19H21ClFN7. The monoisotopic (exact) mass is 401 g/mol. The Bertz CT molecular complexity index is 976. The van der Waals surface area contributed by atoms with E-state index in [0.29, 0.717) is 34.4 Å². The molecule has 2 N–H and O–H groups in total. The number of hydrogen-bond donors (Lipinski definition) is 2. The Morgan fingerprint density at radius 2 is 2.04 bits per heavy atom. The molecule has 7 nitrogen and oxygen atoms in total. The highest BCUT2D eigenvalue weighted by atomic mass is 35.5. The second-order valence-electron chi connectivity index (χ2n) is 6.87. The van der Waals surface area contributed by atoms with Gasteiger partial charge in [0.25, 0.3) is 0 Å². The van der Waals surface area contributed by atoms with E-state index < -0.39 is 5.82 Å². The molecule has 2 aromatic heterocycles. The molecule has 0 radical (unpaired) electrons. The van der Waals surface area contributed by atoms with Crippen molar-refractivity contribution in [2.75, 3.05) is 36.9 Å². The predicted molar refractivity (Wildman–Crippen MR) is 109 cm³/mol. The normalized spacial score (nSPS) is 15.2. The summed E-state index contributed by atoms with van der Waals surface area (Å²) in [5.74, 6) is 1.42. The van der Waals surface area contributed by atoms with E-state index in [9.17, 15) is 4.39 Å². The van der Waals surface area contributed by atoms with Crippen LogP contribution in [0.1, 0.15) is 12.8 Å². The van der Waals surface area contributed by atoms with Gasteiger partial charge in [-0.25, -0.2) is 24.3 Å². The minimum absolute atomic E-state index is 0.0446. The van der Waals surface area contributed by atoms with Gasteiger partial charge in [-0.3, -0.25) is 0 Å². The maximum absolute atomic E-state index is 13.4. The van der Waals surface area contributed by atoms with E-state index in [1.807, 2.05) is 7.05 Å². The molecule has 1 aromatic carbocycles. The Balaban J connectivity index is 1.60. The molecule has 0 spiro atoms. The van der Waals surface area contributed by atoms with E-state index in [1.165, 1.54) is 18.5 Å². The standard InChI is InChI=1S/C19H21ClFN7/c1-22-9-12-4-6-28(7-5-12)19-23-10-16-17(27-19)18(25-11-24-16)26-13-2-3-15(21)14(20)8-13/h2-3,8,10-12,22H,4-7,9H2,1H3,(H,24,25,26). The van der Waals surface area contributed by atoms with Gasteiger partial charge < -0.3 is 15.5 Å². The first-order valence-electron chi connectivity index (χ1n) is 9.23. The van der Waals surface area contributed by atoms with Gasteiger partial charge in [-0.15, -0.1) is 0 Å². The first-order valence-corrected chi connectivity index (χ1v) is 9.61. The lowest BCUT2D eigenvalue weighted by molar-refractivity contribution is 0.391. The molecule has 0 atom stereocenters. The summed E-state index contributed by atoms with van der Waals surface area (Å²) in [5, 5.41) is 6.44. The SMILES string of the molecule is CNCC1CCN(c2ncc3ncnc(Nc4ccc(F)c(Cl)c4)c3n2)CC1. The third kappa shape index (κ3) is 3.98. The van der Waals surface area contributed by atoms with E-state index in [0.717, 1.165) is 32.5 Å². The number of nitrogens with one attached hydrogen (secondary N) is 2. The fourth-order valence-corrected chi connectivity index (χ4v) is 3.61. The molecule has 3 aromatic rings. The molecule has 146 valence electrons. The Kier molecular flexibility index (Phi) is 5.50. The van der Waals surface area contributed by atoms with Gasteiger partial charge in [0, 0.05) is 18.8 Å². The molecule has 0 bridgehead atoms. The van der Waals surface area contributed by atoms with Gasteiger partial charge in [-0.1, -0.05) is 11.6 Å². The van der Waals surface area contributed by atoms with E-state index in [1.54, 1.807) is 12.3 Å². The predicted octanol–water partition coefficient (Wildman–Crippen LogP) is 3.39. The second-order valence-corrected chi connectivity index (χ2v) is 7.28. The average molecular weight is 402 g/mol. The minimum atomic E-state index is -0.467. The Morgan fingerprint density at radius 3 is 2.79 bits per heavy atom. The second kappa shape index (κ2) is 8.20. The zero-order chi connectivity index (χ0) is 19.5. The molecule has 1 aliphatic rings. The molecule has 9 heteroatoms. The molecule has 1 fully saturated rings. The number of fused-ring (bicyclic) bond motifs is 1. The highest BCUT2D eigenvalue weighted by Gasteiger charge is 2.21. The molecule has 0 aliphatic carbocycles. The van der Waals surface area contributed by atoms with Gasteiger partial charge in [0.05, 0.1) is 11.2 Å². The number of nitrogens with zero attached hydrogens (tertiary/aromatic N) is 5. The molecule has 0 saturated carbocycles. The van der Waals surface area contributed by atoms with Crippen LogP contribution >= 0.6 is 11.6 Å². The van der Waals surface area contributed by atoms with Crippen molar-refractivity contribution < 1.29 is 4.39 Å². The van der Waals surface area contributed by atoms with Crippen molar-refractivity contribution in [1.29, 1.82) is 0 Å². The summed E-state index contributed by atoms with van der Waals surface area (Å²) in [6, 6.07) is 4.42. The van der Waals surface area contributed by atoms with Crippen LogP contribution in [0.15, 0.2) is 30.7 Å². The topological polar surface area (TPSA) is 78.9 Å². The smallest absolute Gasteiger partial charge is 0.226 e. The quantitative estimate of drug-likeness (QED) is 0.678. The van der Waals surface area contributed by atoms with Crippen LogP contribution in [-0.2, 0) is 0 Å². The van der Waals surface area contributed by atoms with Crippen molar-refractivity contribution in [3.05, 3.63) is 41.6 Å². The minimum Gasteiger partial charge on any atom is -0.341 e. The first kappa shape index (κ1) is 18.8. The van der Waals surface area contributed by atoms with Crippen LogP contribution in [0, 0.1) is 11.7 Å². The molecule has 1 saturated heterocycles. The average Bonchev–Trinajstić information content (AvgIpc) is 2.72. The molecule has 4 rings (SSSR count). The van der Waals surface area contributed by atoms with Crippen LogP contribution in [0.25, 0.3) is 11.0 Å². The molecule has 0 unspecified atom stereocenters. The van der Waals surface area contributed by atoms with Gasteiger partial charge >= 0.3 is 0 Å². The van der Waals surface area contributed by atoms with Crippen LogP contribution in [0.3, 0.4) is 0 Å². The van der Waals surface area contributed by atoms with Crippen molar-refractivity contribution in [1.82, 2.24) is 25.3 Å². The number of aromatic nitrogens is 4. The maximum Gasteiger partial charge on any atom is 0.226 e. The molecule has 3 heterocycles. The first-order chi connectivity index (χ1) is 13.6. The van der Waals surface area contributed by atoms with Crippen molar-refractivity contribution in [2.45, 2.75) is 12.8 Å². The number of piperidine rings is 1. The summed E-state index contributed by atoms with van der Waals surface area (Å²) >= 11 is 5.87. The molecule has 1 aliphatic heterocycles. The van der Waals surface area contributed by atoms with Crippen LogP contribution < -0.4 is 15.5 Å². The van der Waals surface area contributed by atoms with Crippen LogP contribution in [-0.4, -0.2) is 46.6 Å². The zero-order valence-corrected chi connectivity index (χ0v) is 16.2. The number of hydrogen-bond acceptors (Lipinski definition) is 7. The summed E-state index contributed by atoms with van der Waals surface area (Å²) in [5.41, 5.74) is 1.88. The largest absolute Gasteiger partial charge is 0.341 e. The zero-order valence-electron chi connectivity index (χ0n) is 15.5. The maximum atomic E-state index is 13.4. The van der Waals surface area contributed by atoms with E-state index in [2.05, 4.69) is 30.5 Å². The van der Waals surface area contributed by atoms with E-state index >= 15 is 0 Å². The third-order valence-corrected chi connectivity index (χ3v) is 5.23. The van der Waals surface area contributed by atoms with Crippen LogP contribution in [0.4, 0.5) is 21.8 Å². The summed E-state index contributed by atoms with van der Waals surface area (Å²) in [6.45, 7) is 2.87. The van der Waals surface area contributed by atoms with E-state index in [-0.39, 0.29) is 5.02 Å². The fourth-order valence-electron chi connectivity index (χ4n) is 3.43. The van der Waals surface area contributed by atoms with Gasteiger partial charge in [-0.05, 0) is 50.6 Å². The van der Waals surface area contributed by atoms with Crippen molar-refractivity contribution in [3.63, 3.8) is 0 Å². The molecule has 28 heavy (non-hydrogen) atoms. The number of anilines is 3. The highest BCUT2D eigenvalue weighted by Crippen LogP contribution is 2.27.